The molecule has 0 spiro atoms. The van der Waals surface area contributed by atoms with Crippen molar-refractivity contribution < 1.29 is 19.7 Å². The minimum absolute atomic E-state index is 0.294. The molecule has 4 aliphatic rings. The van der Waals surface area contributed by atoms with E-state index in [1.54, 1.807) is 0 Å². The van der Waals surface area contributed by atoms with E-state index in [0.29, 0.717) is 29.6 Å². The summed E-state index contributed by atoms with van der Waals surface area (Å²) in [7, 11) is 0. The van der Waals surface area contributed by atoms with E-state index >= 15 is 0 Å². The first-order valence-corrected chi connectivity index (χ1v) is 14.0. The van der Waals surface area contributed by atoms with Crippen molar-refractivity contribution in [3.63, 3.8) is 0 Å². The first kappa shape index (κ1) is 25.5. The molecule has 4 rings (SSSR count). The van der Waals surface area contributed by atoms with E-state index in [4.69, 9.17) is 4.74 Å². The number of fused-ring (bicyclic) bond motifs is 5. The van der Waals surface area contributed by atoms with Crippen molar-refractivity contribution in [3.05, 3.63) is 0 Å². The molecule has 0 aliphatic heterocycles. The van der Waals surface area contributed by atoms with Crippen molar-refractivity contribution in [2.45, 2.75) is 130 Å². The summed E-state index contributed by atoms with van der Waals surface area (Å²) < 4.78 is 5.86. The normalized spacial score (nSPS) is 48.0. The molecule has 10 atom stereocenters. The molecule has 0 heterocycles. The third-order valence-electron chi connectivity index (χ3n) is 11.3. The second-order valence-corrected chi connectivity index (χ2v) is 13.5. The van der Waals surface area contributed by atoms with E-state index in [0.717, 1.165) is 43.4 Å². The summed E-state index contributed by atoms with van der Waals surface area (Å²) in [6.45, 7) is 13.4. The summed E-state index contributed by atoms with van der Waals surface area (Å²) >= 11 is 0. The molecule has 4 saturated carbocycles. The smallest absolute Gasteiger partial charge is 0.303 e. The van der Waals surface area contributed by atoms with Gasteiger partial charge >= 0.3 is 5.97 Å². The first-order valence-electron chi connectivity index (χ1n) is 14.0. The fourth-order valence-electron chi connectivity index (χ4n) is 9.60. The van der Waals surface area contributed by atoms with Crippen molar-refractivity contribution >= 4 is 5.97 Å². The van der Waals surface area contributed by atoms with Gasteiger partial charge in [0.2, 0.25) is 0 Å². The van der Waals surface area contributed by atoms with Crippen LogP contribution in [0.4, 0.5) is 0 Å². The van der Waals surface area contributed by atoms with Crippen molar-refractivity contribution in [3.8, 4) is 0 Å². The van der Waals surface area contributed by atoms with E-state index in [2.05, 4.69) is 34.6 Å². The van der Waals surface area contributed by atoms with E-state index in [1.807, 2.05) is 0 Å². The predicted octanol–water partition coefficient (Wildman–Crippen LogP) is 6.13. The fourth-order valence-corrected chi connectivity index (χ4v) is 9.60. The monoisotopic (exact) mass is 462 g/mol. The highest BCUT2D eigenvalue weighted by Crippen LogP contribution is 2.69. The van der Waals surface area contributed by atoms with Crippen LogP contribution in [0.5, 0.6) is 0 Å². The van der Waals surface area contributed by atoms with Crippen LogP contribution in [0.2, 0.25) is 0 Å². The molecule has 0 saturated heterocycles. The number of aliphatic hydroxyl groups is 2. The van der Waals surface area contributed by atoms with Gasteiger partial charge in [-0.05, 0) is 85.9 Å². The van der Waals surface area contributed by atoms with Crippen LogP contribution in [0.15, 0.2) is 0 Å². The van der Waals surface area contributed by atoms with Gasteiger partial charge in [0.25, 0.3) is 0 Å². The molecule has 0 bridgehead atoms. The third kappa shape index (κ3) is 4.20. The van der Waals surface area contributed by atoms with Gasteiger partial charge in [0.1, 0.15) is 11.7 Å². The van der Waals surface area contributed by atoms with E-state index < -0.39 is 17.8 Å². The number of carbonyl (C=O) groups excluding carboxylic acids is 1. The van der Waals surface area contributed by atoms with Gasteiger partial charge in [-0.15, -0.1) is 0 Å². The molecule has 4 heteroatoms. The average molecular weight is 463 g/mol. The topological polar surface area (TPSA) is 66.8 Å². The van der Waals surface area contributed by atoms with Gasteiger partial charge in [0, 0.05) is 18.8 Å². The highest BCUT2D eigenvalue weighted by atomic mass is 16.6. The summed E-state index contributed by atoms with van der Waals surface area (Å²) in [6.07, 6.45) is 10.7. The average Bonchev–Trinajstić information content (AvgIpc) is 3.07. The summed E-state index contributed by atoms with van der Waals surface area (Å²) in [4.78, 5) is 12.1. The van der Waals surface area contributed by atoms with Crippen LogP contribution in [-0.4, -0.2) is 34.0 Å². The molecule has 0 aromatic rings. The quantitative estimate of drug-likeness (QED) is 0.466. The van der Waals surface area contributed by atoms with Crippen LogP contribution in [0.1, 0.15) is 112 Å². The molecular formula is C29H50O4. The molecule has 0 amide bonds. The lowest BCUT2D eigenvalue weighted by molar-refractivity contribution is -0.269. The molecule has 0 aromatic carbocycles. The number of aliphatic hydroxyl groups excluding tert-OH is 1. The zero-order valence-corrected chi connectivity index (χ0v) is 22.1. The Morgan fingerprint density at radius 2 is 1.76 bits per heavy atom. The standard InChI is InChI=1S/C29H50O4/c1-18(2)8-7-9-19(3)23-10-11-24-22-16-26(33-20(4)30)29(32)17-21(31)12-15-28(29,6)25(22)13-14-27(23,24)5/h18-19,21-26,31-32H,7-17H2,1-6H3/t19-,21+,22?,23-,24?,25?,26-,27-,28-,29+/m1/s1. The van der Waals surface area contributed by atoms with E-state index in [-0.39, 0.29) is 11.4 Å². The lowest BCUT2D eigenvalue weighted by atomic mass is 9.42. The van der Waals surface area contributed by atoms with Crippen LogP contribution < -0.4 is 0 Å². The van der Waals surface area contributed by atoms with Crippen LogP contribution in [0.25, 0.3) is 0 Å². The lowest BCUT2D eigenvalue weighted by Crippen LogP contribution is -2.69. The van der Waals surface area contributed by atoms with Crippen molar-refractivity contribution in [2.75, 3.05) is 0 Å². The molecule has 2 N–H and O–H groups in total. The minimum Gasteiger partial charge on any atom is -0.459 e. The lowest BCUT2D eigenvalue weighted by Gasteiger charge is -2.65. The molecule has 4 nitrogen and oxygen atoms in total. The second kappa shape index (κ2) is 9.12. The number of carbonyl (C=O) groups is 1. The summed E-state index contributed by atoms with van der Waals surface area (Å²) in [5.74, 6) is 3.63. The van der Waals surface area contributed by atoms with E-state index in [9.17, 15) is 15.0 Å². The largest absolute Gasteiger partial charge is 0.459 e. The Labute approximate surface area is 202 Å². The summed E-state index contributed by atoms with van der Waals surface area (Å²) in [5.41, 5.74) is -1.05. The number of hydrogen-bond acceptors (Lipinski definition) is 4. The molecule has 4 aliphatic carbocycles. The maximum Gasteiger partial charge on any atom is 0.303 e. The van der Waals surface area contributed by atoms with Crippen LogP contribution in [0, 0.1) is 46.3 Å². The molecule has 4 fully saturated rings. The Hall–Kier alpha value is -0.610. The van der Waals surface area contributed by atoms with Crippen LogP contribution >= 0.6 is 0 Å². The minimum atomic E-state index is -1.12. The Morgan fingerprint density at radius 3 is 2.42 bits per heavy atom. The van der Waals surface area contributed by atoms with Gasteiger partial charge in [-0.2, -0.15) is 0 Å². The molecule has 190 valence electrons. The Balaban J connectivity index is 1.58. The highest BCUT2D eigenvalue weighted by Gasteiger charge is 2.68. The Kier molecular flexibility index (Phi) is 7.04. The molecule has 33 heavy (non-hydrogen) atoms. The zero-order valence-electron chi connectivity index (χ0n) is 22.1. The third-order valence-corrected chi connectivity index (χ3v) is 11.3. The summed E-state index contributed by atoms with van der Waals surface area (Å²) in [5, 5.41) is 22.5. The zero-order chi connectivity index (χ0) is 24.2. The molecule has 0 radical (unpaired) electrons. The van der Waals surface area contributed by atoms with Crippen LogP contribution in [0.3, 0.4) is 0 Å². The maximum absolute atomic E-state index is 12.1. The molecular weight excluding hydrogens is 412 g/mol. The SMILES string of the molecule is CC(=O)O[C@@H]1CC2C3CC[C@H]([C@H](C)CCCC(C)C)[C@@]3(C)CCC2[C@@]2(C)CC[C@H](O)C[C@]12O. The molecule has 3 unspecified atom stereocenters. The maximum atomic E-state index is 12.1. The van der Waals surface area contributed by atoms with Gasteiger partial charge < -0.3 is 14.9 Å². The number of rotatable bonds is 6. The van der Waals surface area contributed by atoms with Gasteiger partial charge in [-0.3, -0.25) is 4.79 Å². The van der Waals surface area contributed by atoms with Crippen molar-refractivity contribution in [1.82, 2.24) is 0 Å². The fraction of sp³-hybridized carbons (Fsp3) is 0.966. The second-order valence-electron chi connectivity index (χ2n) is 13.5. The van der Waals surface area contributed by atoms with Crippen molar-refractivity contribution in [1.29, 1.82) is 0 Å². The Bertz CT molecular complexity index is 720. The highest BCUT2D eigenvalue weighted by molar-refractivity contribution is 5.66. The van der Waals surface area contributed by atoms with Gasteiger partial charge in [-0.1, -0.05) is 53.9 Å². The van der Waals surface area contributed by atoms with Crippen LogP contribution in [-0.2, 0) is 9.53 Å². The van der Waals surface area contributed by atoms with Gasteiger partial charge in [0.15, 0.2) is 0 Å². The Morgan fingerprint density at radius 1 is 1.03 bits per heavy atom. The van der Waals surface area contributed by atoms with Gasteiger partial charge in [-0.25, -0.2) is 0 Å². The first-order chi connectivity index (χ1) is 15.4. The van der Waals surface area contributed by atoms with E-state index in [1.165, 1.54) is 45.4 Å². The number of esters is 1. The predicted molar refractivity (Wildman–Crippen MR) is 131 cm³/mol. The van der Waals surface area contributed by atoms with Gasteiger partial charge in [0.05, 0.1) is 6.10 Å². The molecule has 0 aromatic heterocycles. The number of ether oxygens (including phenoxy) is 1. The number of hydrogen-bond donors (Lipinski definition) is 2. The van der Waals surface area contributed by atoms with Crippen molar-refractivity contribution in [2.24, 2.45) is 46.3 Å². The summed E-state index contributed by atoms with van der Waals surface area (Å²) in [6, 6.07) is 0.